The van der Waals surface area contributed by atoms with E-state index < -0.39 is 0 Å². The fourth-order valence-electron chi connectivity index (χ4n) is 6.53. The molecule has 4 bridgehead atoms. The van der Waals surface area contributed by atoms with Gasteiger partial charge in [0.2, 0.25) is 5.91 Å². The van der Waals surface area contributed by atoms with Crippen molar-refractivity contribution in [3.8, 4) is 0 Å². The van der Waals surface area contributed by atoms with Gasteiger partial charge in [0.1, 0.15) is 0 Å². The number of aliphatic hydroxyl groups is 1. The Labute approximate surface area is 128 Å². The topological polar surface area (TPSA) is 40.5 Å². The van der Waals surface area contributed by atoms with Crippen molar-refractivity contribution in [3.63, 3.8) is 0 Å². The van der Waals surface area contributed by atoms with Crippen LogP contribution in [0, 0.1) is 22.7 Å². The normalized spacial score (nSPS) is 44.7. The number of rotatable bonds is 4. The molecule has 5 rings (SSSR count). The van der Waals surface area contributed by atoms with Crippen molar-refractivity contribution in [2.45, 2.75) is 70.8 Å². The van der Waals surface area contributed by atoms with Crippen LogP contribution in [0.15, 0.2) is 0 Å². The molecule has 1 amide bonds. The number of hydrogen-bond donors (Lipinski definition) is 1. The van der Waals surface area contributed by atoms with Crippen molar-refractivity contribution in [1.29, 1.82) is 0 Å². The summed E-state index contributed by atoms with van der Waals surface area (Å²) in [6.07, 6.45) is 11.0. The Morgan fingerprint density at radius 2 is 1.86 bits per heavy atom. The van der Waals surface area contributed by atoms with Gasteiger partial charge in [-0.2, -0.15) is 0 Å². The van der Waals surface area contributed by atoms with E-state index in [1.54, 1.807) is 0 Å². The summed E-state index contributed by atoms with van der Waals surface area (Å²) in [7, 11) is 0. The lowest BCUT2D eigenvalue weighted by Gasteiger charge is -2.61. The van der Waals surface area contributed by atoms with Gasteiger partial charge in [-0.05, 0) is 75.0 Å². The molecular weight excluding hydrogens is 262 g/mol. The average molecular weight is 291 g/mol. The summed E-state index contributed by atoms with van der Waals surface area (Å²) >= 11 is 0. The average Bonchev–Trinajstić information content (AvgIpc) is 2.32. The predicted octanol–water partition coefficient (Wildman–Crippen LogP) is 2.97. The van der Waals surface area contributed by atoms with E-state index in [-0.39, 0.29) is 12.0 Å². The van der Waals surface area contributed by atoms with Gasteiger partial charge in [0.25, 0.3) is 0 Å². The molecule has 0 aromatic rings. The van der Waals surface area contributed by atoms with Gasteiger partial charge in [-0.3, -0.25) is 4.79 Å². The largest absolute Gasteiger partial charge is 0.395 e. The summed E-state index contributed by atoms with van der Waals surface area (Å²) in [5.41, 5.74) is 0.355. The molecule has 5 aliphatic rings. The molecule has 3 heteroatoms. The molecule has 5 aliphatic carbocycles. The summed E-state index contributed by atoms with van der Waals surface area (Å²) in [6.45, 7) is 3.09. The van der Waals surface area contributed by atoms with Crippen molar-refractivity contribution >= 4 is 5.91 Å². The highest BCUT2D eigenvalue weighted by Gasteiger charge is 2.60. The highest BCUT2D eigenvalue weighted by Crippen LogP contribution is 2.65. The second-order valence-corrected chi connectivity index (χ2v) is 8.86. The molecule has 118 valence electrons. The first-order chi connectivity index (χ1) is 10.0. The van der Waals surface area contributed by atoms with E-state index in [1.165, 1.54) is 25.7 Å². The standard InChI is InChI=1S/C18H29NO2/c1-17-8-13-7-14(9-17)11-18(10-13,12-17)16(21)19(5-6-20)15-3-2-4-15/h13-15,20H,2-12H2,1H3. The van der Waals surface area contributed by atoms with Crippen LogP contribution in [0.4, 0.5) is 0 Å². The molecule has 0 spiro atoms. The van der Waals surface area contributed by atoms with Crippen molar-refractivity contribution < 1.29 is 9.90 Å². The monoisotopic (exact) mass is 291 g/mol. The van der Waals surface area contributed by atoms with Crippen LogP contribution in [0.3, 0.4) is 0 Å². The number of aliphatic hydroxyl groups excluding tert-OH is 1. The second-order valence-electron chi connectivity index (χ2n) is 8.86. The first kappa shape index (κ1) is 14.0. The molecule has 0 aromatic heterocycles. The molecule has 2 unspecified atom stereocenters. The van der Waals surface area contributed by atoms with Crippen LogP contribution in [0.25, 0.3) is 0 Å². The van der Waals surface area contributed by atoms with Gasteiger partial charge >= 0.3 is 0 Å². The molecule has 21 heavy (non-hydrogen) atoms. The minimum atomic E-state index is -0.0659. The van der Waals surface area contributed by atoms with E-state index in [1.807, 2.05) is 0 Å². The molecule has 0 radical (unpaired) electrons. The Bertz CT molecular complexity index is 428. The van der Waals surface area contributed by atoms with Crippen LogP contribution >= 0.6 is 0 Å². The van der Waals surface area contributed by atoms with E-state index in [4.69, 9.17) is 0 Å². The van der Waals surface area contributed by atoms with Gasteiger partial charge in [0, 0.05) is 12.6 Å². The van der Waals surface area contributed by atoms with Gasteiger partial charge in [-0.1, -0.05) is 6.92 Å². The fraction of sp³-hybridized carbons (Fsp3) is 0.944. The third-order valence-electron chi connectivity index (χ3n) is 6.92. The number of amides is 1. The maximum absolute atomic E-state index is 13.4. The highest BCUT2D eigenvalue weighted by atomic mass is 16.3. The zero-order chi connectivity index (χ0) is 14.7. The van der Waals surface area contributed by atoms with E-state index >= 15 is 0 Å². The zero-order valence-corrected chi connectivity index (χ0v) is 13.3. The number of carbonyl (C=O) groups is 1. The Kier molecular flexibility index (Phi) is 3.15. The van der Waals surface area contributed by atoms with Gasteiger partial charge in [0.15, 0.2) is 0 Å². The lowest BCUT2D eigenvalue weighted by molar-refractivity contribution is -0.170. The summed E-state index contributed by atoms with van der Waals surface area (Å²) in [5.74, 6) is 1.98. The Balaban J connectivity index is 1.60. The smallest absolute Gasteiger partial charge is 0.229 e. The first-order valence-electron chi connectivity index (χ1n) is 8.96. The lowest BCUT2D eigenvalue weighted by Crippen LogP contribution is -2.60. The molecule has 3 nitrogen and oxygen atoms in total. The van der Waals surface area contributed by atoms with Crippen molar-refractivity contribution in [3.05, 3.63) is 0 Å². The van der Waals surface area contributed by atoms with Crippen LogP contribution < -0.4 is 0 Å². The number of hydrogen-bond acceptors (Lipinski definition) is 2. The SMILES string of the molecule is CC12CC3CC(C1)CC(C(=O)N(CCO)C1CCC1)(C3)C2. The van der Waals surface area contributed by atoms with Gasteiger partial charge in [-0.25, -0.2) is 0 Å². The van der Waals surface area contributed by atoms with Crippen molar-refractivity contribution in [1.82, 2.24) is 4.90 Å². The second kappa shape index (κ2) is 4.71. The first-order valence-corrected chi connectivity index (χ1v) is 8.96. The molecular formula is C18H29NO2. The molecule has 5 saturated carbocycles. The minimum absolute atomic E-state index is 0.0659. The lowest BCUT2D eigenvalue weighted by atomic mass is 9.44. The predicted molar refractivity (Wildman–Crippen MR) is 81.7 cm³/mol. The molecule has 0 aromatic carbocycles. The quantitative estimate of drug-likeness (QED) is 0.865. The summed E-state index contributed by atoms with van der Waals surface area (Å²) in [5, 5.41) is 9.39. The molecule has 1 N–H and O–H groups in total. The Morgan fingerprint density at radius 3 is 2.33 bits per heavy atom. The van der Waals surface area contributed by atoms with E-state index in [0.29, 0.717) is 23.9 Å². The van der Waals surface area contributed by atoms with Crippen LogP contribution in [0.5, 0.6) is 0 Å². The Hall–Kier alpha value is -0.570. The van der Waals surface area contributed by atoms with Crippen molar-refractivity contribution in [2.24, 2.45) is 22.7 Å². The minimum Gasteiger partial charge on any atom is -0.395 e. The van der Waals surface area contributed by atoms with Crippen LogP contribution in [-0.2, 0) is 4.79 Å². The molecule has 0 saturated heterocycles. The Morgan fingerprint density at radius 1 is 1.19 bits per heavy atom. The van der Waals surface area contributed by atoms with E-state index in [0.717, 1.165) is 43.9 Å². The van der Waals surface area contributed by atoms with Gasteiger partial charge in [0.05, 0.1) is 12.0 Å². The summed E-state index contributed by atoms with van der Waals surface area (Å²) < 4.78 is 0. The van der Waals surface area contributed by atoms with Gasteiger partial charge < -0.3 is 10.0 Å². The fourth-order valence-corrected chi connectivity index (χ4v) is 6.53. The van der Waals surface area contributed by atoms with Crippen LogP contribution in [0.2, 0.25) is 0 Å². The van der Waals surface area contributed by atoms with Crippen molar-refractivity contribution in [2.75, 3.05) is 13.2 Å². The van der Waals surface area contributed by atoms with E-state index in [2.05, 4.69) is 11.8 Å². The highest BCUT2D eigenvalue weighted by molar-refractivity contribution is 5.84. The van der Waals surface area contributed by atoms with Gasteiger partial charge in [-0.15, -0.1) is 0 Å². The molecule has 0 heterocycles. The van der Waals surface area contributed by atoms with Crippen LogP contribution in [0.1, 0.15) is 64.7 Å². The molecule has 2 atom stereocenters. The number of nitrogens with zero attached hydrogens (tertiary/aromatic N) is 1. The zero-order valence-electron chi connectivity index (χ0n) is 13.3. The third kappa shape index (κ3) is 2.15. The third-order valence-corrected chi connectivity index (χ3v) is 6.92. The maximum atomic E-state index is 13.4. The maximum Gasteiger partial charge on any atom is 0.229 e. The number of carbonyl (C=O) groups excluding carboxylic acids is 1. The summed E-state index contributed by atoms with van der Waals surface area (Å²) in [4.78, 5) is 15.4. The molecule has 5 fully saturated rings. The molecule has 0 aliphatic heterocycles. The van der Waals surface area contributed by atoms with E-state index in [9.17, 15) is 9.90 Å². The van der Waals surface area contributed by atoms with Crippen LogP contribution in [-0.4, -0.2) is 35.1 Å². The summed E-state index contributed by atoms with van der Waals surface area (Å²) in [6, 6.07) is 0.422.